The molecule has 3 heteroatoms. The highest BCUT2D eigenvalue weighted by Gasteiger charge is 2.74. The van der Waals surface area contributed by atoms with Crippen LogP contribution in [0.1, 0.15) is 58.8 Å². The van der Waals surface area contributed by atoms with E-state index < -0.39 is 0 Å². The summed E-state index contributed by atoms with van der Waals surface area (Å²) in [5.41, 5.74) is -0.155. The fourth-order valence-corrected chi connectivity index (χ4v) is 8.17. The van der Waals surface area contributed by atoms with Crippen molar-refractivity contribution in [2.45, 2.75) is 76.6 Å². The second-order valence-corrected chi connectivity index (χ2v) is 10.1. The standard InChI is InChI=1S/C21H30O3/c1-10(2)21(5-3-4-6-21)24-20(22)13-8-11-7-12(13)17-15-9-14(16(11)17)18-19(15)23-18/h10-19H,3-9H2,1-2H3. The summed E-state index contributed by atoms with van der Waals surface area (Å²) in [6, 6.07) is 0. The van der Waals surface area contributed by atoms with Gasteiger partial charge in [-0.25, -0.2) is 0 Å². The van der Waals surface area contributed by atoms with Gasteiger partial charge in [0.1, 0.15) is 5.60 Å². The third-order valence-corrected chi connectivity index (χ3v) is 9.18. The van der Waals surface area contributed by atoms with Crippen LogP contribution in [0.3, 0.4) is 0 Å². The van der Waals surface area contributed by atoms with E-state index in [-0.39, 0.29) is 17.5 Å². The summed E-state index contributed by atoms with van der Waals surface area (Å²) in [5, 5.41) is 0. The lowest BCUT2D eigenvalue weighted by molar-refractivity contribution is -0.173. The van der Waals surface area contributed by atoms with Crippen molar-refractivity contribution in [3.8, 4) is 0 Å². The van der Waals surface area contributed by atoms with E-state index in [0.717, 1.165) is 48.9 Å². The van der Waals surface area contributed by atoms with Crippen LogP contribution < -0.4 is 0 Å². The van der Waals surface area contributed by atoms with Crippen molar-refractivity contribution in [3.63, 3.8) is 0 Å². The Kier molecular flexibility index (Phi) is 2.78. The van der Waals surface area contributed by atoms with E-state index in [1.54, 1.807) is 0 Å². The summed E-state index contributed by atoms with van der Waals surface area (Å²) in [5.74, 6) is 5.49. The van der Waals surface area contributed by atoms with Gasteiger partial charge in [-0.3, -0.25) is 4.79 Å². The molecule has 9 atom stereocenters. The van der Waals surface area contributed by atoms with Crippen LogP contribution in [0.25, 0.3) is 0 Å². The molecule has 6 fully saturated rings. The predicted molar refractivity (Wildman–Crippen MR) is 89.1 cm³/mol. The van der Waals surface area contributed by atoms with E-state index in [1.165, 1.54) is 25.7 Å². The van der Waals surface area contributed by atoms with E-state index in [4.69, 9.17) is 9.47 Å². The molecule has 5 aliphatic carbocycles. The summed E-state index contributed by atoms with van der Waals surface area (Å²) in [6.07, 6.45) is 9.59. The molecule has 0 N–H and O–H groups in total. The summed E-state index contributed by atoms with van der Waals surface area (Å²) in [4.78, 5) is 13.1. The number of carbonyl (C=O) groups is 1. The van der Waals surface area contributed by atoms with E-state index in [1.807, 2.05) is 0 Å². The van der Waals surface area contributed by atoms with Gasteiger partial charge in [-0.1, -0.05) is 13.8 Å². The molecule has 1 heterocycles. The quantitative estimate of drug-likeness (QED) is 0.449. The molecule has 1 aliphatic heterocycles. The van der Waals surface area contributed by atoms with Gasteiger partial charge in [0, 0.05) is 0 Å². The lowest BCUT2D eigenvalue weighted by Gasteiger charge is -2.39. The first kappa shape index (κ1) is 14.6. The van der Waals surface area contributed by atoms with Crippen molar-refractivity contribution in [2.24, 2.45) is 47.3 Å². The lowest BCUT2D eigenvalue weighted by atomic mass is 9.67. The van der Waals surface area contributed by atoms with Crippen molar-refractivity contribution in [3.05, 3.63) is 0 Å². The van der Waals surface area contributed by atoms with E-state index in [9.17, 15) is 4.79 Å². The maximum absolute atomic E-state index is 13.1. The van der Waals surface area contributed by atoms with Crippen LogP contribution in [0.2, 0.25) is 0 Å². The molecule has 9 unspecified atom stereocenters. The molecule has 0 spiro atoms. The third kappa shape index (κ3) is 1.66. The SMILES string of the molecule is CC(C)C1(OC(=O)C2CC3CC2C2C4CC(C5OC45)C32)CCCC1. The van der Waals surface area contributed by atoms with Gasteiger partial charge in [-0.2, -0.15) is 0 Å². The molecule has 1 saturated heterocycles. The molecule has 0 aromatic carbocycles. The largest absolute Gasteiger partial charge is 0.459 e. The van der Waals surface area contributed by atoms with Crippen LogP contribution in [-0.2, 0) is 14.3 Å². The molecule has 0 amide bonds. The Balaban J connectivity index is 1.22. The Bertz CT molecular complexity index is 578. The van der Waals surface area contributed by atoms with Crippen molar-refractivity contribution >= 4 is 5.97 Å². The molecule has 6 rings (SSSR count). The lowest BCUT2D eigenvalue weighted by Crippen LogP contribution is -2.43. The first-order valence-corrected chi connectivity index (χ1v) is 10.5. The van der Waals surface area contributed by atoms with E-state index in [2.05, 4.69) is 13.8 Å². The zero-order chi connectivity index (χ0) is 16.2. The van der Waals surface area contributed by atoms with Crippen molar-refractivity contribution in [1.29, 1.82) is 0 Å². The average molecular weight is 330 g/mol. The molecule has 0 radical (unpaired) electrons. The number of esters is 1. The van der Waals surface area contributed by atoms with Gasteiger partial charge in [0.2, 0.25) is 0 Å². The van der Waals surface area contributed by atoms with Gasteiger partial charge in [0.15, 0.2) is 0 Å². The van der Waals surface area contributed by atoms with Gasteiger partial charge < -0.3 is 9.47 Å². The number of ether oxygens (including phenoxy) is 2. The smallest absolute Gasteiger partial charge is 0.309 e. The molecule has 0 aromatic rings. The Morgan fingerprint density at radius 1 is 1.00 bits per heavy atom. The van der Waals surface area contributed by atoms with Crippen LogP contribution in [0.5, 0.6) is 0 Å². The molecule has 0 aromatic heterocycles. The number of epoxide rings is 1. The summed E-state index contributed by atoms with van der Waals surface area (Å²) in [7, 11) is 0. The minimum absolute atomic E-state index is 0.155. The Hall–Kier alpha value is -0.570. The minimum atomic E-state index is -0.155. The first-order chi connectivity index (χ1) is 11.6. The highest BCUT2D eigenvalue weighted by Crippen LogP contribution is 2.73. The number of fused-ring (bicyclic) bond motifs is 12. The normalized spacial score (nSPS) is 55.0. The van der Waals surface area contributed by atoms with Crippen molar-refractivity contribution < 1.29 is 14.3 Å². The number of hydrogen-bond acceptors (Lipinski definition) is 3. The number of hydrogen-bond donors (Lipinski definition) is 0. The molecule has 3 nitrogen and oxygen atoms in total. The van der Waals surface area contributed by atoms with Gasteiger partial charge in [-0.15, -0.1) is 0 Å². The van der Waals surface area contributed by atoms with Gasteiger partial charge in [0.25, 0.3) is 0 Å². The highest BCUT2D eigenvalue weighted by atomic mass is 16.6. The van der Waals surface area contributed by atoms with Crippen LogP contribution in [0.15, 0.2) is 0 Å². The zero-order valence-electron chi connectivity index (χ0n) is 14.9. The molecule has 6 aliphatic rings. The van der Waals surface area contributed by atoms with E-state index in [0.29, 0.717) is 24.0 Å². The maximum atomic E-state index is 13.1. The Morgan fingerprint density at radius 3 is 2.42 bits per heavy atom. The number of carbonyl (C=O) groups excluding carboxylic acids is 1. The van der Waals surface area contributed by atoms with Gasteiger partial charge in [-0.05, 0) is 86.4 Å². The van der Waals surface area contributed by atoms with Crippen molar-refractivity contribution in [2.75, 3.05) is 0 Å². The average Bonchev–Trinajstić information content (AvgIpc) is 3.07. The van der Waals surface area contributed by atoms with Gasteiger partial charge in [0.05, 0.1) is 18.1 Å². The second-order valence-electron chi connectivity index (χ2n) is 10.1. The topological polar surface area (TPSA) is 38.8 Å². The molecule has 5 saturated carbocycles. The molecule has 4 bridgehead atoms. The predicted octanol–water partition coefficient (Wildman–Crippen LogP) is 3.80. The maximum Gasteiger partial charge on any atom is 0.309 e. The summed E-state index contributed by atoms with van der Waals surface area (Å²) in [6.45, 7) is 4.46. The van der Waals surface area contributed by atoms with Crippen LogP contribution in [0, 0.1) is 47.3 Å². The number of rotatable bonds is 3. The molecular formula is C21H30O3. The van der Waals surface area contributed by atoms with Crippen LogP contribution in [-0.4, -0.2) is 23.8 Å². The fourth-order valence-electron chi connectivity index (χ4n) is 8.17. The highest BCUT2D eigenvalue weighted by molar-refractivity contribution is 5.74. The van der Waals surface area contributed by atoms with E-state index >= 15 is 0 Å². The monoisotopic (exact) mass is 330 g/mol. The second kappa shape index (κ2) is 4.58. The Labute approximate surface area is 144 Å². The minimum Gasteiger partial charge on any atom is -0.459 e. The Morgan fingerprint density at radius 2 is 1.71 bits per heavy atom. The van der Waals surface area contributed by atoms with Crippen LogP contribution in [0.4, 0.5) is 0 Å². The fraction of sp³-hybridized carbons (Fsp3) is 0.952. The molecule has 132 valence electrons. The molecular weight excluding hydrogens is 300 g/mol. The molecule has 24 heavy (non-hydrogen) atoms. The van der Waals surface area contributed by atoms with Crippen molar-refractivity contribution in [1.82, 2.24) is 0 Å². The zero-order valence-corrected chi connectivity index (χ0v) is 14.9. The summed E-state index contributed by atoms with van der Waals surface area (Å²) >= 11 is 0. The summed E-state index contributed by atoms with van der Waals surface area (Å²) < 4.78 is 12.2. The first-order valence-electron chi connectivity index (χ1n) is 10.5. The van der Waals surface area contributed by atoms with Crippen LogP contribution >= 0.6 is 0 Å². The third-order valence-electron chi connectivity index (χ3n) is 9.18. The van der Waals surface area contributed by atoms with Gasteiger partial charge >= 0.3 is 5.97 Å².